The van der Waals surface area contributed by atoms with Gasteiger partial charge in [0.1, 0.15) is 0 Å². The number of carbonyl (C=O) groups excluding carboxylic acids is 2. The third kappa shape index (κ3) is 4.37. The molecule has 1 fully saturated rings. The summed E-state index contributed by atoms with van der Waals surface area (Å²) in [7, 11) is -3.54. The van der Waals surface area contributed by atoms with E-state index >= 15 is 0 Å². The van der Waals surface area contributed by atoms with Gasteiger partial charge in [-0.05, 0) is 49.2 Å². The van der Waals surface area contributed by atoms with Gasteiger partial charge in [0.2, 0.25) is 15.8 Å². The van der Waals surface area contributed by atoms with Crippen LogP contribution >= 0.6 is 11.6 Å². The van der Waals surface area contributed by atoms with Crippen LogP contribution in [0.2, 0.25) is 5.02 Å². The molecule has 0 aliphatic carbocycles. The Morgan fingerprint density at radius 2 is 1.63 bits per heavy atom. The predicted molar refractivity (Wildman–Crippen MR) is 100 cm³/mol. The fraction of sp³-hybridized carbons (Fsp3) is 0.263. The van der Waals surface area contributed by atoms with Crippen LogP contribution in [-0.2, 0) is 14.8 Å². The first-order valence-electron chi connectivity index (χ1n) is 8.44. The van der Waals surface area contributed by atoms with Crippen LogP contribution in [0.3, 0.4) is 0 Å². The van der Waals surface area contributed by atoms with Crippen LogP contribution in [0.5, 0.6) is 0 Å². The monoisotopic (exact) mass is 407 g/mol. The largest absolute Gasteiger partial charge is 0.454 e. The van der Waals surface area contributed by atoms with Crippen molar-refractivity contribution < 1.29 is 22.7 Å². The van der Waals surface area contributed by atoms with Gasteiger partial charge in [-0.1, -0.05) is 23.7 Å². The molecule has 0 saturated carbocycles. The number of rotatable bonds is 6. The van der Waals surface area contributed by atoms with E-state index in [1.165, 1.54) is 28.6 Å². The molecule has 1 aliphatic heterocycles. The molecule has 27 heavy (non-hydrogen) atoms. The second-order valence-corrected chi connectivity index (χ2v) is 8.46. The minimum atomic E-state index is -3.54. The second-order valence-electron chi connectivity index (χ2n) is 6.11. The first-order chi connectivity index (χ1) is 12.9. The molecule has 0 aromatic heterocycles. The molecule has 8 heteroatoms. The van der Waals surface area contributed by atoms with Crippen LogP contribution in [0.1, 0.15) is 33.6 Å². The topological polar surface area (TPSA) is 80.8 Å². The number of Topliss-reactive ketones (excluding diaryl/α,β-unsaturated/α-hetero) is 1. The SMILES string of the molecule is O=C(OCC(=O)c1ccccc1Cl)c1ccc(S(=O)(=O)N2CCCC2)cc1. The minimum Gasteiger partial charge on any atom is -0.454 e. The molecule has 2 aromatic rings. The number of halogens is 1. The summed E-state index contributed by atoms with van der Waals surface area (Å²) in [6, 6.07) is 12.0. The van der Waals surface area contributed by atoms with Crippen molar-refractivity contribution in [1.82, 2.24) is 4.31 Å². The van der Waals surface area contributed by atoms with Gasteiger partial charge >= 0.3 is 5.97 Å². The molecule has 0 N–H and O–H groups in total. The molecule has 142 valence electrons. The van der Waals surface area contributed by atoms with Crippen LogP contribution < -0.4 is 0 Å². The highest BCUT2D eigenvalue weighted by molar-refractivity contribution is 7.89. The molecule has 0 atom stereocenters. The van der Waals surface area contributed by atoms with E-state index in [4.69, 9.17) is 16.3 Å². The Morgan fingerprint density at radius 1 is 1.00 bits per heavy atom. The van der Waals surface area contributed by atoms with Crippen LogP contribution in [0.4, 0.5) is 0 Å². The van der Waals surface area contributed by atoms with Gasteiger partial charge in [0.25, 0.3) is 0 Å². The van der Waals surface area contributed by atoms with Crippen molar-refractivity contribution in [3.05, 3.63) is 64.7 Å². The normalized spacial score (nSPS) is 14.9. The summed E-state index contributed by atoms with van der Waals surface area (Å²) in [5.74, 6) is -1.12. The van der Waals surface area contributed by atoms with Gasteiger partial charge in [-0.3, -0.25) is 4.79 Å². The molecule has 0 spiro atoms. The Balaban J connectivity index is 1.64. The first kappa shape index (κ1) is 19.5. The molecule has 0 bridgehead atoms. The molecule has 1 saturated heterocycles. The Labute approximate surface area is 162 Å². The number of carbonyl (C=O) groups is 2. The van der Waals surface area contributed by atoms with E-state index in [2.05, 4.69) is 0 Å². The zero-order valence-corrected chi connectivity index (χ0v) is 16.0. The maximum atomic E-state index is 12.5. The quantitative estimate of drug-likeness (QED) is 0.542. The van der Waals surface area contributed by atoms with Crippen molar-refractivity contribution in [3.8, 4) is 0 Å². The molecule has 0 unspecified atom stereocenters. The van der Waals surface area contributed by atoms with Gasteiger partial charge in [-0.2, -0.15) is 4.31 Å². The van der Waals surface area contributed by atoms with E-state index in [0.29, 0.717) is 13.1 Å². The summed E-state index contributed by atoms with van der Waals surface area (Å²) < 4.78 is 31.4. The minimum absolute atomic E-state index is 0.132. The van der Waals surface area contributed by atoms with Gasteiger partial charge in [0.15, 0.2) is 6.61 Å². The van der Waals surface area contributed by atoms with Gasteiger partial charge in [-0.25, -0.2) is 13.2 Å². The Hall–Kier alpha value is -2.22. The lowest BCUT2D eigenvalue weighted by Gasteiger charge is -2.15. The standard InChI is InChI=1S/C19H18ClNO5S/c20-17-6-2-1-5-16(17)18(22)13-26-19(23)14-7-9-15(10-8-14)27(24,25)21-11-3-4-12-21/h1-2,5-10H,3-4,11-13H2. The first-order valence-corrected chi connectivity index (χ1v) is 10.3. The van der Waals surface area contributed by atoms with Crippen molar-refractivity contribution in [3.63, 3.8) is 0 Å². The van der Waals surface area contributed by atoms with Gasteiger partial charge < -0.3 is 4.74 Å². The average molecular weight is 408 g/mol. The van der Waals surface area contributed by atoms with Crippen molar-refractivity contribution >= 4 is 33.4 Å². The lowest BCUT2D eigenvalue weighted by atomic mass is 10.1. The zero-order valence-electron chi connectivity index (χ0n) is 14.4. The molecule has 1 heterocycles. The number of hydrogen-bond acceptors (Lipinski definition) is 5. The Bertz CT molecular complexity index is 950. The third-order valence-corrected chi connectivity index (χ3v) is 6.54. The number of hydrogen-bond donors (Lipinski definition) is 0. The molecule has 0 radical (unpaired) electrons. The smallest absolute Gasteiger partial charge is 0.338 e. The molecule has 0 amide bonds. The number of esters is 1. The summed E-state index contributed by atoms with van der Waals surface area (Å²) in [5, 5.41) is 0.287. The summed E-state index contributed by atoms with van der Waals surface area (Å²) in [6.07, 6.45) is 1.70. The van der Waals surface area contributed by atoms with Crippen molar-refractivity contribution in [1.29, 1.82) is 0 Å². The summed E-state index contributed by atoms with van der Waals surface area (Å²) in [6.45, 7) is 0.572. The van der Waals surface area contributed by atoms with Crippen molar-refractivity contribution in [2.75, 3.05) is 19.7 Å². The van der Waals surface area contributed by atoms with Crippen LogP contribution in [0, 0.1) is 0 Å². The summed E-state index contributed by atoms with van der Waals surface area (Å²) in [4.78, 5) is 24.3. The van der Waals surface area contributed by atoms with E-state index in [9.17, 15) is 18.0 Å². The van der Waals surface area contributed by atoms with E-state index in [-0.39, 0.29) is 21.0 Å². The highest BCUT2D eigenvalue weighted by Crippen LogP contribution is 2.21. The van der Waals surface area contributed by atoms with E-state index < -0.39 is 28.4 Å². The van der Waals surface area contributed by atoms with Crippen LogP contribution in [0.15, 0.2) is 53.4 Å². The zero-order chi connectivity index (χ0) is 19.4. The van der Waals surface area contributed by atoms with Crippen LogP contribution in [-0.4, -0.2) is 44.2 Å². The summed E-state index contributed by atoms with van der Waals surface area (Å²) in [5.41, 5.74) is 0.446. The van der Waals surface area contributed by atoms with E-state index in [1.54, 1.807) is 24.3 Å². The van der Waals surface area contributed by atoms with E-state index in [1.807, 2.05) is 0 Å². The molecular weight excluding hydrogens is 390 g/mol. The fourth-order valence-electron chi connectivity index (χ4n) is 2.82. The van der Waals surface area contributed by atoms with Crippen molar-refractivity contribution in [2.24, 2.45) is 0 Å². The molecular formula is C19H18ClNO5S. The molecule has 2 aromatic carbocycles. The van der Waals surface area contributed by atoms with Gasteiger partial charge in [0, 0.05) is 18.7 Å². The maximum absolute atomic E-state index is 12.5. The second kappa shape index (κ2) is 8.21. The summed E-state index contributed by atoms with van der Waals surface area (Å²) >= 11 is 5.94. The van der Waals surface area contributed by atoms with E-state index in [0.717, 1.165) is 12.8 Å². The highest BCUT2D eigenvalue weighted by atomic mass is 35.5. The lowest BCUT2D eigenvalue weighted by molar-refractivity contribution is 0.0474. The number of ketones is 1. The number of nitrogens with zero attached hydrogens (tertiary/aromatic N) is 1. The Morgan fingerprint density at radius 3 is 2.26 bits per heavy atom. The number of sulfonamides is 1. The lowest BCUT2D eigenvalue weighted by Crippen LogP contribution is -2.27. The van der Waals surface area contributed by atoms with Crippen LogP contribution in [0.25, 0.3) is 0 Å². The fourth-order valence-corrected chi connectivity index (χ4v) is 4.58. The Kier molecular flexibility index (Phi) is 5.94. The molecule has 1 aliphatic rings. The molecule has 6 nitrogen and oxygen atoms in total. The number of benzene rings is 2. The van der Waals surface area contributed by atoms with Crippen molar-refractivity contribution in [2.45, 2.75) is 17.7 Å². The third-order valence-electron chi connectivity index (χ3n) is 4.30. The highest BCUT2D eigenvalue weighted by Gasteiger charge is 2.27. The van der Waals surface area contributed by atoms with Gasteiger partial charge in [0.05, 0.1) is 15.5 Å². The maximum Gasteiger partial charge on any atom is 0.338 e. The predicted octanol–water partition coefficient (Wildman–Crippen LogP) is 3.16. The van der Waals surface area contributed by atoms with Gasteiger partial charge in [-0.15, -0.1) is 0 Å². The number of ether oxygens (including phenoxy) is 1. The molecule has 3 rings (SSSR count). The average Bonchev–Trinajstić information content (AvgIpc) is 3.22.